The Bertz CT molecular complexity index is 715. The van der Waals surface area contributed by atoms with Crippen molar-refractivity contribution in [2.24, 2.45) is 0 Å². The first-order valence-corrected chi connectivity index (χ1v) is 8.14. The molecule has 0 spiro atoms. The van der Waals surface area contributed by atoms with Crippen molar-refractivity contribution in [3.8, 4) is 5.75 Å². The third kappa shape index (κ3) is 2.58. The minimum atomic E-state index is -0.0785. The number of amides is 1. The number of fused-ring (bicyclic) bond motifs is 2. The molecule has 1 aromatic heterocycles. The van der Waals surface area contributed by atoms with Crippen LogP contribution in [-0.2, 0) is 19.4 Å². The molecule has 0 radical (unpaired) electrons. The van der Waals surface area contributed by atoms with Crippen LogP contribution in [0.25, 0.3) is 0 Å². The summed E-state index contributed by atoms with van der Waals surface area (Å²) in [4.78, 5) is 14.4. The summed E-state index contributed by atoms with van der Waals surface area (Å²) in [5.41, 5.74) is 1.21. The van der Waals surface area contributed by atoms with Crippen LogP contribution in [0.2, 0.25) is 0 Å². The van der Waals surface area contributed by atoms with Crippen LogP contribution in [0, 0.1) is 0 Å². The average Bonchev–Trinajstić information content (AvgIpc) is 3.17. The number of benzene rings is 1. The SMILES string of the molecule is CN(CC1Cc2ccccc2O1)C(=O)c1nnc2n1CCCC2. The van der Waals surface area contributed by atoms with Crippen LogP contribution in [0.3, 0.4) is 0 Å². The molecule has 1 aromatic carbocycles. The van der Waals surface area contributed by atoms with Crippen molar-refractivity contribution in [1.82, 2.24) is 19.7 Å². The van der Waals surface area contributed by atoms with Crippen LogP contribution in [0.15, 0.2) is 24.3 Å². The minimum Gasteiger partial charge on any atom is -0.488 e. The normalized spacial score (nSPS) is 18.9. The third-order valence-corrected chi connectivity index (χ3v) is 4.59. The van der Waals surface area contributed by atoms with Gasteiger partial charge in [0.05, 0.1) is 6.54 Å². The summed E-state index contributed by atoms with van der Waals surface area (Å²) in [5, 5.41) is 8.27. The fourth-order valence-electron chi connectivity index (χ4n) is 3.38. The van der Waals surface area contributed by atoms with Crippen molar-refractivity contribution in [3.63, 3.8) is 0 Å². The number of nitrogens with zero attached hydrogens (tertiary/aromatic N) is 4. The van der Waals surface area contributed by atoms with Crippen molar-refractivity contribution < 1.29 is 9.53 Å². The summed E-state index contributed by atoms with van der Waals surface area (Å²) < 4.78 is 7.89. The number of ether oxygens (including phenoxy) is 1. The maximum Gasteiger partial charge on any atom is 0.291 e. The van der Waals surface area contributed by atoms with Gasteiger partial charge in [0.1, 0.15) is 17.7 Å². The molecule has 0 fully saturated rings. The van der Waals surface area contributed by atoms with E-state index < -0.39 is 0 Å². The number of hydrogen-bond donors (Lipinski definition) is 0. The lowest BCUT2D eigenvalue weighted by molar-refractivity contribution is 0.0712. The number of aromatic nitrogens is 3. The molecule has 2 aromatic rings. The summed E-state index contributed by atoms with van der Waals surface area (Å²) in [6.45, 7) is 1.39. The molecule has 0 aliphatic carbocycles. The maximum absolute atomic E-state index is 12.7. The van der Waals surface area contributed by atoms with E-state index in [1.54, 1.807) is 11.9 Å². The zero-order chi connectivity index (χ0) is 15.8. The van der Waals surface area contributed by atoms with Gasteiger partial charge >= 0.3 is 0 Å². The lowest BCUT2D eigenvalue weighted by Gasteiger charge is -2.22. The van der Waals surface area contributed by atoms with Crippen LogP contribution in [0.5, 0.6) is 5.75 Å². The Morgan fingerprint density at radius 2 is 2.22 bits per heavy atom. The van der Waals surface area contributed by atoms with Gasteiger partial charge in [-0.05, 0) is 24.5 Å². The first kappa shape index (κ1) is 14.2. The molecule has 120 valence electrons. The van der Waals surface area contributed by atoms with E-state index in [9.17, 15) is 4.79 Å². The van der Waals surface area contributed by atoms with Crippen LogP contribution in [-0.4, -0.2) is 45.3 Å². The molecular weight excluding hydrogens is 292 g/mol. The van der Waals surface area contributed by atoms with Crippen LogP contribution in [0.4, 0.5) is 0 Å². The highest BCUT2D eigenvalue weighted by atomic mass is 16.5. The number of likely N-dealkylation sites (N-methyl/N-ethyl adjacent to an activating group) is 1. The minimum absolute atomic E-state index is 0.00472. The molecule has 4 rings (SSSR count). The highest BCUT2D eigenvalue weighted by Gasteiger charge is 2.28. The first-order chi connectivity index (χ1) is 11.2. The number of aryl methyl sites for hydroxylation is 1. The topological polar surface area (TPSA) is 60.2 Å². The predicted octanol–water partition coefficient (Wildman–Crippen LogP) is 1.69. The van der Waals surface area contributed by atoms with E-state index in [1.807, 2.05) is 22.8 Å². The molecule has 1 atom stereocenters. The van der Waals surface area contributed by atoms with Crippen LogP contribution >= 0.6 is 0 Å². The Balaban J connectivity index is 1.45. The second kappa shape index (κ2) is 5.68. The largest absolute Gasteiger partial charge is 0.488 e. The second-order valence-electron chi connectivity index (χ2n) is 6.29. The first-order valence-electron chi connectivity index (χ1n) is 8.14. The van der Waals surface area contributed by atoms with Crippen molar-refractivity contribution in [1.29, 1.82) is 0 Å². The molecule has 6 nitrogen and oxygen atoms in total. The molecular formula is C17H20N4O2. The van der Waals surface area contributed by atoms with E-state index in [0.717, 1.165) is 43.8 Å². The molecule has 0 saturated carbocycles. The lowest BCUT2D eigenvalue weighted by Crippen LogP contribution is -2.37. The molecule has 3 heterocycles. The van der Waals surface area contributed by atoms with Gasteiger partial charge in [0, 0.05) is 26.4 Å². The van der Waals surface area contributed by atoms with E-state index in [4.69, 9.17) is 4.74 Å². The van der Waals surface area contributed by atoms with Gasteiger partial charge in [0.15, 0.2) is 0 Å². The summed E-state index contributed by atoms with van der Waals surface area (Å²) >= 11 is 0. The quantitative estimate of drug-likeness (QED) is 0.865. The second-order valence-corrected chi connectivity index (χ2v) is 6.29. The molecule has 23 heavy (non-hydrogen) atoms. The van der Waals surface area contributed by atoms with Gasteiger partial charge < -0.3 is 14.2 Å². The zero-order valence-corrected chi connectivity index (χ0v) is 13.2. The molecule has 2 aliphatic heterocycles. The fraction of sp³-hybridized carbons (Fsp3) is 0.471. The number of hydrogen-bond acceptors (Lipinski definition) is 4. The molecule has 2 aliphatic rings. The van der Waals surface area contributed by atoms with Crippen molar-refractivity contribution in [3.05, 3.63) is 41.5 Å². The van der Waals surface area contributed by atoms with Gasteiger partial charge in [0.25, 0.3) is 5.91 Å². The van der Waals surface area contributed by atoms with Crippen molar-refractivity contribution in [2.45, 2.75) is 38.3 Å². The fourth-order valence-corrected chi connectivity index (χ4v) is 3.38. The number of carbonyl (C=O) groups excluding carboxylic acids is 1. The lowest BCUT2D eigenvalue weighted by atomic mass is 10.1. The standard InChI is InChI=1S/C17H20N4O2/c1-20(11-13-10-12-6-2-3-7-14(12)23-13)17(22)16-19-18-15-8-4-5-9-21(15)16/h2-3,6-7,13H,4-5,8-11H2,1H3. The Hall–Kier alpha value is -2.37. The van der Waals surface area contributed by atoms with Crippen molar-refractivity contribution >= 4 is 5.91 Å². The number of carbonyl (C=O) groups is 1. The number of rotatable bonds is 3. The monoisotopic (exact) mass is 312 g/mol. The Morgan fingerprint density at radius 3 is 3.09 bits per heavy atom. The molecule has 0 bridgehead atoms. The van der Waals surface area contributed by atoms with Gasteiger partial charge in [-0.15, -0.1) is 10.2 Å². The van der Waals surface area contributed by atoms with E-state index >= 15 is 0 Å². The molecule has 0 saturated heterocycles. The van der Waals surface area contributed by atoms with Gasteiger partial charge in [-0.1, -0.05) is 18.2 Å². The number of para-hydroxylation sites is 1. The summed E-state index contributed by atoms with van der Waals surface area (Å²) in [7, 11) is 1.80. The van der Waals surface area contributed by atoms with E-state index in [1.165, 1.54) is 5.56 Å². The van der Waals surface area contributed by atoms with Gasteiger partial charge in [-0.2, -0.15) is 0 Å². The van der Waals surface area contributed by atoms with E-state index in [0.29, 0.717) is 12.4 Å². The van der Waals surface area contributed by atoms with Gasteiger partial charge in [-0.25, -0.2) is 0 Å². The Kier molecular flexibility index (Phi) is 3.52. The summed E-state index contributed by atoms with van der Waals surface area (Å²) in [5.74, 6) is 2.23. The smallest absolute Gasteiger partial charge is 0.291 e. The zero-order valence-electron chi connectivity index (χ0n) is 13.2. The third-order valence-electron chi connectivity index (χ3n) is 4.59. The highest BCUT2D eigenvalue weighted by molar-refractivity contribution is 5.90. The van der Waals surface area contributed by atoms with E-state index in [2.05, 4.69) is 16.3 Å². The van der Waals surface area contributed by atoms with Crippen LogP contribution in [0.1, 0.15) is 34.8 Å². The molecule has 1 amide bonds. The molecule has 0 N–H and O–H groups in total. The molecule has 1 unspecified atom stereocenters. The van der Waals surface area contributed by atoms with Gasteiger partial charge in [-0.3, -0.25) is 4.79 Å². The van der Waals surface area contributed by atoms with Crippen LogP contribution < -0.4 is 4.74 Å². The summed E-state index contributed by atoms with van der Waals surface area (Å²) in [6.07, 6.45) is 3.95. The average molecular weight is 312 g/mol. The predicted molar refractivity (Wildman–Crippen MR) is 84.5 cm³/mol. The maximum atomic E-state index is 12.7. The Labute approximate surface area is 135 Å². The van der Waals surface area contributed by atoms with E-state index in [-0.39, 0.29) is 12.0 Å². The molecule has 6 heteroatoms. The highest BCUT2D eigenvalue weighted by Crippen LogP contribution is 2.28. The van der Waals surface area contributed by atoms with Gasteiger partial charge in [0.2, 0.25) is 5.82 Å². The summed E-state index contributed by atoms with van der Waals surface area (Å²) in [6, 6.07) is 8.04. The Morgan fingerprint density at radius 1 is 1.35 bits per heavy atom. The van der Waals surface area contributed by atoms with Crippen molar-refractivity contribution in [2.75, 3.05) is 13.6 Å².